The zero-order valence-electron chi connectivity index (χ0n) is 24.0. The Morgan fingerprint density at radius 3 is 2.47 bits per heavy atom. The number of amides is 3. The molecule has 1 aliphatic heterocycles. The zero-order valence-corrected chi connectivity index (χ0v) is 24.8. The number of anilines is 1. The monoisotopic (exact) mass is 680 g/mol. The van der Waals surface area contributed by atoms with Gasteiger partial charge in [-0.05, 0) is 54.4 Å². The highest BCUT2D eigenvalue weighted by Crippen LogP contribution is 2.36. The predicted octanol–water partition coefficient (Wildman–Crippen LogP) is 6.36. The number of nitrogens with one attached hydrogen (secondary N) is 1. The van der Waals surface area contributed by atoms with E-state index in [0.717, 1.165) is 28.8 Å². The summed E-state index contributed by atoms with van der Waals surface area (Å²) in [5, 5.41) is 4.24. The van der Waals surface area contributed by atoms with E-state index in [0.29, 0.717) is 28.2 Å². The second-order valence-electron chi connectivity index (χ2n) is 9.63. The van der Waals surface area contributed by atoms with E-state index in [1.54, 1.807) is 31.2 Å². The van der Waals surface area contributed by atoms with Crippen LogP contribution in [0.3, 0.4) is 0 Å². The van der Waals surface area contributed by atoms with Crippen molar-refractivity contribution in [1.82, 2.24) is 20.2 Å². The van der Waals surface area contributed by atoms with Crippen LogP contribution >= 0.6 is 11.8 Å². The molecule has 0 aliphatic carbocycles. The van der Waals surface area contributed by atoms with E-state index in [1.807, 2.05) is 0 Å². The Morgan fingerprint density at radius 1 is 1.06 bits per heavy atom. The van der Waals surface area contributed by atoms with E-state index in [4.69, 9.17) is 9.57 Å². The van der Waals surface area contributed by atoms with Gasteiger partial charge in [0.05, 0.1) is 23.7 Å². The molecule has 1 unspecified atom stereocenters. The van der Waals surface area contributed by atoms with E-state index in [-0.39, 0.29) is 34.7 Å². The van der Waals surface area contributed by atoms with Crippen molar-refractivity contribution in [2.75, 3.05) is 10.7 Å². The Labute approximate surface area is 266 Å². The summed E-state index contributed by atoms with van der Waals surface area (Å²) in [5.74, 6) is -1.01. The van der Waals surface area contributed by atoms with Crippen LogP contribution in [-0.2, 0) is 16.2 Å². The number of carbonyl (C=O) groups excluding carboxylic acids is 2. The SMILES string of the molecule is Cc1ccc(OC(F)C(F)F)c(N2C(=O)CSC2=NC(=O)NOCc2ccc(-c3ncn(-c4ccc(OC(F)(F)F)cc4)n3)cc2)c1. The first-order valence-corrected chi connectivity index (χ1v) is 14.4. The smallest absolute Gasteiger partial charge is 0.452 e. The summed E-state index contributed by atoms with van der Waals surface area (Å²) in [7, 11) is 0. The molecule has 18 heteroatoms. The molecule has 5 rings (SSSR count). The maximum Gasteiger partial charge on any atom is 0.573 e. The van der Waals surface area contributed by atoms with Crippen molar-refractivity contribution in [3.8, 4) is 28.6 Å². The molecule has 1 atom stereocenters. The van der Waals surface area contributed by atoms with Crippen molar-refractivity contribution in [2.24, 2.45) is 4.99 Å². The third-order valence-electron chi connectivity index (χ3n) is 6.19. The van der Waals surface area contributed by atoms with Gasteiger partial charge in [-0.2, -0.15) is 9.38 Å². The number of urea groups is 1. The fraction of sp³-hybridized carbons (Fsp3) is 0.207. The number of amidine groups is 1. The van der Waals surface area contributed by atoms with Crippen molar-refractivity contribution in [2.45, 2.75) is 32.7 Å². The van der Waals surface area contributed by atoms with Gasteiger partial charge in [-0.1, -0.05) is 42.1 Å². The number of nitrogens with zero attached hydrogens (tertiary/aromatic N) is 5. The molecule has 3 aromatic carbocycles. The van der Waals surface area contributed by atoms with E-state index in [2.05, 4.69) is 25.3 Å². The number of aromatic nitrogens is 3. The number of rotatable bonds is 10. The third-order valence-corrected chi connectivity index (χ3v) is 7.12. The van der Waals surface area contributed by atoms with Crippen LogP contribution in [0.5, 0.6) is 11.5 Å². The summed E-state index contributed by atoms with van der Waals surface area (Å²) >= 11 is 0.906. The highest BCUT2D eigenvalue weighted by atomic mass is 32.2. The molecule has 246 valence electrons. The van der Waals surface area contributed by atoms with Gasteiger partial charge >= 0.3 is 18.8 Å². The van der Waals surface area contributed by atoms with E-state index in [9.17, 15) is 35.9 Å². The normalized spacial score (nSPS) is 14.9. The molecule has 1 N–H and O–H groups in total. The highest BCUT2D eigenvalue weighted by molar-refractivity contribution is 8.15. The van der Waals surface area contributed by atoms with Gasteiger partial charge in [0.2, 0.25) is 5.91 Å². The van der Waals surface area contributed by atoms with E-state index >= 15 is 0 Å². The number of aliphatic imine (C=N–C) groups is 1. The van der Waals surface area contributed by atoms with Crippen LogP contribution in [-0.4, -0.2) is 56.8 Å². The van der Waals surface area contributed by atoms with Gasteiger partial charge in [-0.3, -0.25) is 14.5 Å². The number of hydroxylamine groups is 1. The standard InChI is InChI=1S/C29H22F6N6O5S/c1-16-2-11-22(45-25(32)24(30)31)21(12-16)41-23(42)14-47-28(41)37-27(43)39-44-13-17-3-5-18(6-4-17)26-36-15-40(38-26)19-7-9-20(10-8-19)46-29(33,34)35/h2-12,15,24-25H,13-14H2,1H3,(H,39,43). The summed E-state index contributed by atoms with van der Waals surface area (Å²) in [6.07, 6.45) is -9.75. The maximum absolute atomic E-state index is 13.7. The second kappa shape index (κ2) is 14.1. The molecule has 1 saturated heterocycles. The van der Waals surface area contributed by atoms with Gasteiger partial charge < -0.3 is 9.47 Å². The summed E-state index contributed by atoms with van der Waals surface area (Å²) in [6, 6.07) is 15.0. The number of alkyl halides is 6. The summed E-state index contributed by atoms with van der Waals surface area (Å²) < 4.78 is 86.3. The first-order chi connectivity index (χ1) is 22.4. The number of aryl methyl sites for hydroxylation is 1. The molecular weight excluding hydrogens is 658 g/mol. The van der Waals surface area contributed by atoms with Crippen LogP contribution in [0.25, 0.3) is 17.1 Å². The summed E-state index contributed by atoms with van der Waals surface area (Å²) in [5.41, 5.74) is 4.41. The molecule has 0 saturated carbocycles. The average molecular weight is 681 g/mol. The minimum Gasteiger partial charge on any atom is -0.452 e. The van der Waals surface area contributed by atoms with Crippen LogP contribution in [0.15, 0.2) is 78.0 Å². The van der Waals surface area contributed by atoms with Gasteiger partial charge in [-0.25, -0.2) is 28.7 Å². The number of hydrogen-bond donors (Lipinski definition) is 1. The Hall–Kier alpha value is -5.10. The second-order valence-corrected chi connectivity index (χ2v) is 10.6. The quantitative estimate of drug-likeness (QED) is 0.152. The predicted molar refractivity (Wildman–Crippen MR) is 157 cm³/mol. The lowest BCUT2D eigenvalue weighted by molar-refractivity contribution is -0.274. The van der Waals surface area contributed by atoms with Crippen molar-refractivity contribution in [3.63, 3.8) is 0 Å². The number of carbonyl (C=O) groups is 2. The molecular formula is C29H22F6N6O5S. The fourth-order valence-corrected chi connectivity index (χ4v) is 4.98. The molecule has 47 heavy (non-hydrogen) atoms. The van der Waals surface area contributed by atoms with Gasteiger partial charge in [0.15, 0.2) is 11.0 Å². The first kappa shape index (κ1) is 33.3. The Balaban J connectivity index is 1.18. The van der Waals surface area contributed by atoms with Crippen molar-refractivity contribution < 1.29 is 50.2 Å². The molecule has 1 aliphatic rings. The Bertz CT molecular complexity index is 1770. The van der Waals surface area contributed by atoms with Crippen LogP contribution in [0, 0.1) is 6.92 Å². The molecule has 0 radical (unpaired) electrons. The average Bonchev–Trinajstić information content (AvgIpc) is 3.65. The first-order valence-electron chi connectivity index (χ1n) is 13.4. The van der Waals surface area contributed by atoms with Crippen molar-refractivity contribution in [3.05, 3.63) is 84.2 Å². The highest BCUT2D eigenvalue weighted by Gasteiger charge is 2.34. The van der Waals surface area contributed by atoms with Gasteiger partial charge in [-0.15, -0.1) is 18.3 Å². The largest absolute Gasteiger partial charge is 0.573 e. The van der Waals surface area contributed by atoms with E-state index in [1.165, 1.54) is 41.3 Å². The number of benzene rings is 3. The lowest BCUT2D eigenvalue weighted by atomic mass is 10.1. The molecule has 0 spiro atoms. The maximum atomic E-state index is 13.7. The number of halogens is 6. The fourth-order valence-electron chi connectivity index (χ4n) is 4.12. The lowest BCUT2D eigenvalue weighted by Crippen LogP contribution is -2.32. The molecule has 1 aromatic heterocycles. The van der Waals surface area contributed by atoms with Crippen LogP contribution in [0.1, 0.15) is 11.1 Å². The van der Waals surface area contributed by atoms with Crippen molar-refractivity contribution in [1.29, 1.82) is 0 Å². The summed E-state index contributed by atoms with van der Waals surface area (Å²) in [4.78, 5) is 39.4. The molecule has 4 aromatic rings. The third kappa shape index (κ3) is 8.59. The topological polar surface area (TPSA) is 120 Å². The zero-order chi connectivity index (χ0) is 33.7. The van der Waals surface area contributed by atoms with Gasteiger partial charge in [0.25, 0.3) is 6.36 Å². The van der Waals surface area contributed by atoms with E-state index < -0.39 is 31.1 Å². The molecule has 2 heterocycles. The van der Waals surface area contributed by atoms with Gasteiger partial charge in [0, 0.05) is 5.56 Å². The molecule has 3 amide bonds. The number of thioether (sulfide) groups is 1. The van der Waals surface area contributed by atoms with Crippen LogP contribution < -0.4 is 19.9 Å². The van der Waals surface area contributed by atoms with Crippen LogP contribution in [0.4, 0.5) is 36.8 Å². The van der Waals surface area contributed by atoms with Crippen LogP contribution in [0.2, 0.25) is 0 Å². The molecule has 0 bridgehead atoms. The van der Waals surface area contributed by atoms with Gasteiger partial charge in [0.1, 0.15) is 17.8 Å². The van der Waals surface area contributed by atoms with Crippen molar-refractivity contribution >= 4 is 34.6 Å². The minimum absolute atomic E-state index is 0.0522. The lowest BCUT2D eigenvalue weighted by Gasteiger charge is -2.21. The number of hydrogen-bond acceptors (Lipinski definition) is 8. The molecule has 11 nitrogen and oxygen atoms in total. The Kier molecular flexibility index (Phi) is 10.00. The Morgan fingerprint density at radius 2 is 1.79 bits per heavy atom. The minimum atomic E-state index is -4.80. The number of ether oxygens (including phenoxy) is 2. The molecule has 1 fully saturated rings. The summed E-state index contributed by atoms with van der Waals surface area (Å²) in [6.45, 7) is 1.58.